The van der Waals surface area contributed by atoms with Gasteiger partial charge < -0.3 is 5.73 Å². The van der Waals surface area contributed by atoms with E-state index in [9.17, 15) is 0 Å². The van der Waals surface area contributed by atoms with Crippen molar-refractivity contribution >= 4 is 0 Å². The molecule has 0 saturated heterocycles. The van der Waals surface area contributed by atoms with Gasteiger partial charge in [-0.05, 0) is 57.9 Å². The van der Waals surface area contributed by atoms with E-state index in [4.69, 9.17) is 5.73 Å². The predicted octanol–water partition coefficient (Wildman–Crippen LogP) is 4.89. The van der Waals surface area contributed by atoms with Gasteiger partial charge in [-0.3, -0.25) is 0 Å². The third-order valence-corrected chi connectivity index (χ3v) is 3.96. The first-order valence-electron chi connectivity index (χ1n) is 7.47. The maximum Gasteiger partial charge on any atom is 0.0308 e. The van der Waals surface area contributed by atoms with Gasteiger partial charge in [-0.25, -0.2) is 0 Å². The Labute approximate surface area is 124 Å². The highest BCUT2D eigenvalue weighted by Crippen LogP contribution is 2.27. The Hall–Kier alpha value is -1.34. The second kappa shape index (κ2) is 7.44. The van der Waals surface area contributed by atoms with Crippen molar-refractivity contribution in [1.29, 1.82) is 0 Å². The molecule has 0 aliphatic carbocycles. The van der Waals surface area contributed by atoms with E-state index >= 15 is 0 Å². The van der Waals surface area contributed by atoms with Crippen molar-refractivity contribution in [3.63, 3.8) is 0 Å². The van der Waals surface area contributed by atoms with Gasteiger partial charge in [0, 0.05) is 5.54 Å². The van der Waals surface area contributed by atoms with Crippen LogP contribution in [0.4, 0.5) is 0 Å². The Morgan fingerprint density at radius 1 is 1.20 bits per heavy atom. The predicted molar refractivity (Wildman–Crippen MR) is 89.7 cm³/mol. The smallest absolute Gasteiger partial charge is 0.0308 e. The summed E-state index contributed by atoms with van der Waals surface area (Å²) in [6.07, 6.45) is 4.41. The molecule has 0 radical (unpaired) electrons. The molecule has 0 spiro atoms. The Morgan fingerprint density at radius 3 is 2.30 bits per heavy atom. The van der Waals surface area contributed by atoms with Crippen LogP contribution < -0.4 is 5.73 Å². The Kier molecular flexibility index (Phi) is 6.22. The van der Waals surface area contributed by atoms with E-state index in [1.54, 1.807) is 0 Å². The molecule has 0 heterocycles. The first-order chi connectivity index (χ1) is 9.30. The number of rotatable bonds is 8. The summed E-state index contributed by atoms with van der Waals surface area (Å²) in [4.78, 5) is 0. The molecule has 110 valence electrons. The van der Waals surface area contributed by atoms with Crippen LogP contribution in [-0.2, 0) is 6.42 Å². The number of hydrogen-bond donors (Lipinski definition) is 1. The molecule has 0 fully saturated rings. The summed E-state index contributed by atoms with van der Waals surface area (Å²) < 4.78 is 0. The minimum absolute atomic E-state index is 0.298. The molecule has 1 unspecified atom stereocenters. The molecule has 1 aromatic carbocycles. The van der Waals surface area contributed by atoms with E-state index < -0.39 is 0 Å². The number of allylic oxidation sites excluding steroid dienone is 1. The van der Waals surface area contributed by atoms with Crippen LogP contribution in [0.5, 0.6) is 0 Å². The summed E-state index contributed by atoms with van der Waals surface area (Å²) in [6, 6.07) is 10.7. The van der Waals surface area contributed by atoms with Gasteiger partial charge in [0.2, 0.25) is 0 Å². The zero-order valence-electron chi connectivity index (χ0n) is 13.3. The molecule has 0 aliphatic heterocycles. The molecule has 0 amide bonds. The van der Waals surface area contributed by atoms with Gasteiger partial charge >= 0.3 is 0 Å². The van der Waals surface area contributed by atoms with Crippen LogP contribution in [0, 0.1) is 5.92 Å². The average molecular weight is 271 g/mol. The molecular weight excluding hydrogens is 242 g/mol. The van der Waals surface area contributed by atoms with Gasteiger partial charge in [0.15, 0.2) is 0 Å². The summed E-state index contributed by atoms with van der Waals surface area (Å²) in [7, 11) is 0. The van der Waals surface area contributed by atoms with Crippen molar-refractivity contribution in [2.24, 2.45) is 11.7 Å². The van der Waals surface area contributed by atoms with E-state index in [-0.39, 0.29) is 5.54 Å². The maximum atomic E-state index is 6.12. The number of benzene rings is 1. The molecule has 2 N–H and O–H groups in total. The van der Waals surface area contributed by atoms with Crippen LogP contribution in [-0.4, -0.2) is 5.54 Å². The largest absolute Gasteiger partial charge is 0.322 e. The molecule has 1 rings (SSSR count). The van der Waals surface area contributed by atoms with E-state index in [1.165, 1.54) is 17.6 Å². The van der Waals surface area contributed by atoms with E-state index in [2.05, 4.69) is 50.4 Å². The van der Waals surface area contributed by atoms with Crippen LogP contribution in [0.25, 0.3) is 0 Å². The topological polar surface area (TPSA) is 26.0 Å². The van der Waals surface area contributed by atoms with Gasteiger partial charge in [-0.15, -0.1) is 0 Å². The van der Waals surface area contributed by atoms with Gasteiger partial charge in [-0.1, -0.05) is 54.6 Å². The number of hydrogen-bond acceptors (Lipinski definition) is 1. The van der Waals surface area contributed by atoms with Crippen molar-refractivity contribution in [3.8, 4) is 0 Å². The summed E-state index contributed by atoms with van der Waals surface area (Å²) in [6.45, 7) is 14.4. The first kappa shape index (κ1) is 16.7. The molecular formula is C19H29N. The molecule has 1 aromatic rings. The Morgan fingerprint density at radius 2 is 1.80 bits per heavy atom. The minimum Gasteiger partial charge on any atom is -0.322 e. The summed E-state index contributed by atoms with van der Waals surface area (Å²) in [5, 5.41) is 0. The Bertz CT molecular complexity index is 437. The highest BCUT2D eigenvalue weighted by atomic mass is 14.7. The number of aryl methyl sites for hydroxylation is 1. The zero-order valence-corrected chi connectivity index (χ0v) is 13.3. The molecule has 0 aromatic heterocycles. The standard InChI is InChI=1S/C19H29N/c1-15(2)18(14-16(3)19(4,5)20)13-9-12-17-10-7-6-8-11-17/h6-8,10-11,18H,1,3,9,12-14,20H2,2,4-5H3. The minimum atomic E-state index is -0.298. The van der Waals surface area contributed by atoms with Crippen LogP contribution >= 0.6 is 0 Å². The van der Waals surface area contributed by atoms with E-state index in [0.717, 1.165) is 24.8 Å². The fourth-order valence-corrected chi connectivity index (χ4v) is 2.28. The molecule has 1 nitrogen and oxygen atoms in total. The summed E-state index contributed by atoms with van der Waals surface area (Å²) in [5.74, 6) is 0.494. The van der Waals surface area contributed by atoms with Crippen molar-refractivity contribution in [3.05, 3.63) is 60.2 Å². The van der Waals surface area contributed by atoms with Gasteiger partial charge in [-0.2, -0.15) is 0 Å². The molecule has 20 heavy (non-hydrogen) atoms. The lowest BCUT2D eigenvalue weighted by molar-refractivity contribution is 0.485. The van der Waals surface area contributed by atoms with Gasteiger partial charge in [0.25, 0.3) is 0 Å². The lowest BCUT2D eigenvalue weighted by Crippen LogP contribution is -2.34. The number of nitrogens with two attached hydrogens (primary N) is 1. The van der Waals surface area contributed by atoms with Crippen LogP contribution in [0.15, 0.2) is 54.6 Å². The molecule has 0 saturated carbocycles. The van der Waals surface area contributed by atoms with Crippen molar-refractivity contribution in [1.82, 2.24) is 0 Å². The molecule has 1 atom stereocenters. The maximum absolute atomic E-state index is 6.12. The quantitative estimate of drug-likeness (QED) is 0.670. The summed E-state index contributed by atoms with van der Waals surface area (Å²) in [5.41, 5.74) is 9.58. The SMILES string of the molecule is C=C(C)C(CCCc1ccccc1)CC(=C)C(C)(C)N. The van der Waals surface area contributed by atoms with Crippen molar-refractivity contribution in [2.75, 3.05) is 0 Å². The molecule has 1 heteroatoms. The first-order valence-corrected chi connectivity index (χ1v) is 7.47. The van der Waals surface area contributed by atoms with E-state index in [0.29, 0.717) is 5.92 Å². The molecule has 0 aliphatic rings. The Balaban J connectivity index is 2.48. The molecule has 0 bridgehead atoms. The third kappa shape index (κ3) is 5.75. The summed E-state index contributed by atoms with van der Waals surface area (Å²) >= 11 is 0. The lowest BCUT2D eigenvalue weighted by Gasteiger charge is -2.26. The second-order valence-electron chi connectivity index (χ2n) is 6.45. The average Bonchev–Trinajstić information content (AvgIpc) is 2.37. The van der Waals surface area contributed by atoms with E-state index in [1.807, 2.05) is 13.8 Å². The highest BCUT2D eigenvalue weighted by Gasteiger charge is 2.20. The fraction of sp³-hybridized carbons (Fsp3) is 0.474. The van der Waals surface area contributed by atoms with Crippen LogP contribution in [0.2, 0.25) is 0 Å². The van der Waals surface area contributed by atoms with Crippen LogP contribution in [0.1, 0.15) is 45.6 Å². The normalized spacial score (nSPS) is 13.0. The van der Waals surface area contributed by atoms with Crippen molar-refractivity contribution in [2.45, 2.75) is 52.0 Å². The van der Waals surface area contributed by atoms with Crippen molar-refractivity contribution < 1.29 is 0 Å². The second-order valence-corrected chi connectivity index (χ2v) is 6.45. The van der Waals surface area contributed by atoms with Gasteiger partial charge in [0.05, 0.1) is 0 Å². The lowest BCUT2D eigenvalue weighted by atomic mass is 9.83. The monoisotopic (exact) mass is 271 g/mol. The highest BCUT2D eigenvalue weighted by molar-refractivity contribution is 5.16. The third-order valence-electron chi connectivity index (χ3n) is 3.96. The fourth-order valence-electron chi connectivity index (χ4n) is 2.28. The van der Waals surface area contributed by atoms with Crippen LogP contribution in [0.3, 0.4) is 0 Å². The van der Waals surface area contributed by atoms with Gasteiger partial charge in [0.1, 0.15) is 0 Å². The zero-order chi connectivity index (χ0) is 15.2.